The lowest BCUT2D eigenvalue weighted by molar-refractivity contribution is 0.837. The number of fused-ring (bicyclic) bond motifs is 1. The summed E-state index contributed by atoms with van der Waals surface area (Å²) in [5.41, 5.74) is 2.39. The molecule has 0 saturated heterocycles. The number of hydrogen-bond donors (Lipinski definition) is 0. The predicted molar refractivity (Wildman–Crippen MR) is 72.5 cm³/mol. The van der Waals surface area contributed by atoms with Gasteiger partial charge in [-0.2, -0.15) is 0 Å². The van der Waals surface area contributed by atoms with Crippen LogP contribution < -0.4 is 0 Å². The van der Waals surface area contributed by atoms with Crippen molar-refractivity contribution < 1.29 is 0 Å². The number of halogens is 1. The highest BCUT2D eigenvalue weighted by atomic mass is 35.5. The lowest BCUT2D eigenvalue weighted by Crippen LogP contribution is -1.98. The SMILES string of the molecule is Clc1ccccc1Cn1ccc2ccccc21. The van der Waals surface area contributed by atoms with E-state index in [1.54, 1.807) is 0 Å². The summed E-state index contributed by atoms with van der Waals surface area (Å²) in [6, 6.07) is 18.5. The standard InChI is InChI=1S/C15H12ClN/c16-14-7-3-1-6-13(14)11-17-10-9-12-5-2-4-8-15(12)17/h1-10H,11H2. The van der Waals surface area contributed by atoms with Crippen LogP contribution in [0.5, 0.6) is 0 Å². The molecule has 0 aliphatic carbocycles. The molecule has 0 atom stereocenters. The Kier molecular flexibility index (Phi) is 2.62. The summed E-state index contributed by atoms with van der Waals surface area (Å²) in [5, 5.41) is 2.09. The zero-order chi connectivity index (χ0) is 11.7. The molecule has 0 N–H and O–H groups in total. The highest BCUT2D eigenvalue weighted by Gasteiger charge is 2.03. The van der Waals surface area contributed by atoms with Crippen LogP contribution in [0.1, 0.15) is 5.56 Å². The molecule has 0 bridgehead atoms. The summed E-state index contributed by atoms with van der Waals surface area (Å²) < 4.78 is 2.22. The molecule has 1 heterocycles. The lowest BCUT2D eigenvalue weighted by atomic mass is 10.2. The highest BCUT2D eigenvalue weighted by Crippen LogP contribution is 2.20. The van der Waals surface area contributed by atoms with Gasteiger partial charge in [-0.15, -0.1) is 0 Å². The van der Waals surface area contributed by atoms with Crippen molar-refractivity contribution in [2.75, 3.05) is 0 Å². The Balaban J connectivity index is 2.03. The van der Waals surface area contributed by atoms with Crippen LogP contribution >= 0.6 is 11.6 Å². The van der Waals surface area contributed by atoms with E-state index in [2.05, 4.69) is 47.2 Å². The molecule has 0 saturated carbocycles. The predicted octanol–water partition coefficient (Wildman–Crippen LogP) is 4.34. The monoisotopic (exact) mass is 241 g/mol. The molecule has 2 aromatic carbocycles. The molecule has 84 valence electrons. The second-order valence-corrected chi connectivity index (χ2v) is 4.50. The molecule has 0 unspecified atom stereocenters. The van der Waals surface area contributed by atoms with Crippen LogP contribution in [0.15, 0.2) is 60.8 Å². The first kappa shape index (κ1) is 10.4. The molecule has 3 aromatic rings. The van der Waals surface area contributed by atoms with Gasteiger partial charge in [0, 0.05) is 23.3 Å². The van der Waals surface area contributed by atoms with Crippen molar-refractivity contribution in [3.05, 3.63) is 71.4 Å². The van der Waals surface area contributed by atoms with E-state index >= 15 is 0 Å². The summed E-state index contributed by atoms with van der Waals surface area (Å²) in [6.07, 6.45) is 2.11. The average molecular weight is 242 g/mol. The number of aromatic nitrogens is 1. The van der Waals surface area contributed by atoms with E-state index in [1.807, 2.05) is 18.2 Å². The molecular weight excluding hydrogens is 230 g/mol. The minimum Gasteiger partial charge on any atom is -0.343 e. The maximum Gasteiger partial charge on any atom is 0.0490 e. The van der Waals surface area contributed by atoms with Gasteiger partial charge in [0.2, 0.25) is 0 Å². The highest BCUT2D eigenvalue weighted by molar-refractivity contribution is 6.31. The fraction of sp³-hybridized carbons (Fsp3) is 0.0667. The molecule has 0 fully saturated rings. The van der Waals surface area contributed by atoms with E-state index in [4.69, 9.17) is 11.6 Å². The Morgan fingerprint density at radius 1 is 0.882 bits per heavy atom. The van der Waals surface area contributed by atoms with Crippen LogP contribution in [0, 0.1) is 0 Å². The maximum absolute atomic E-state index is 6.18. The molecular formula is C15H12ClN. The van der Waals surface area contributed by atoms with E-state index in [9.17, 15) is 0 Å². The first-order valence-electron chi connectivity index (χ1n) is 5.62. The second-order valence-electron chi connectivity index (χ2n) is 4.09. The van der Waals surface area contributed by atoms with Crippen molar-refractivity contribution in [2.45, 2.75) is 6.54 Å². The van der Waals surface area contributed by atoms with Crippen LogP contribution in [-0.2, 0) is 6.54 Å². The molecule has 0 aliphatic rings. The zero-order valence-corrected chi connectivity index (χ0v) is 10.1. The van der Waals surface area contributed by atoms with Gasteiger partial charge < -0.3 is 4.57 Å². The van der Waals surface area contributed by atoms with Crippen molar-refractivity contribution >= 4 is 22.5 Å². The zero-order valence-electron chi connectivity index (χ0n) is 9.31. The van der Waals surface area contributed by atoms with Crippen molar-refractivity contribution in [2.24, 2.45) is 0 Å². The molecule has 1 aromatic heterocycles. The Morgan fingerprint density at radius 3 is 2.53 bits per heavy atom. The van der Waals surface area contributed by atoms with Crippen molar-refractivity contribution in [3.8, 4) is 0 Å². The number of benzene rings is 2. The van der Waals surface area contributed by atoms with E-state index < -0.39 is 0 Å². The lowest BCUT2D eigenvalue weighted by Gasteiger charge is -2.07. The van der Waals surface area contributed by atoms with Crippen LogP contribution in [0.25, 0.3) is 10.9 Å². The van der Waals surface area contributed by atoms with E-state index in [0.717, 1.165) is 17.1 Å². The number of hydrogen-bond acceptors (Lipinski definition) is 0. The summed E-state index contributed by atoms with van der Waals surface area (Å²) in [7, 11) is 0. The van der Waals surface area contributed by atoms with E-state index in [-0.39, 0.29) is 0 Å². The molecule has 0 radical (unpaired) electrons. The largest absolute Gasteiger partial charge is 0.343 e. The van der Waals surface area contributed by atoms with Crippen LogP contribution in [0.4, 0.5) is 0 Å². The smallest absolute Gasteiger partial charge is 0.0490 e. The van der Waals surface area contributed by atoms with Crippen LogP contribution in [0.2, 0.25) is 5.02 Å². The first-order valence-corrected chi connectivity index (χ1v) is 6.00. The quantitative estimate of drug-likeness (QED) is 0.629. The van der Waals surface area contributed by atoms with Gasteiger partial charge in [0.15, 0.2) is 0 Å². The minimum atomic E-state index is 0.813. The Labute approximate surface area is 105 Å². The van der Waals surface area contributed by atoms with Crippen molar-refractivity contribution in [1.82, 2.24) is 4.57 Å². The minimum absolute atomic E-state index is 0.813. The summed E-state index contributed by atoms with van der Waals surface area (Å²) >= 11 is 6.18. The third-order valence-corrected chi connectivity index (χ3v) is 3.35. The summed E-state index contributed by atoms with van der Waals surface area (Å²) in [5.74, 6) is 0. The van der Waals surface area contributed by atoms with Crippen LogP contribution in [-0.4, -0.2) is 4.57 Å². The first-order chi connectivity index (χ1) is 8.34. The van der Waals surface area contributed by atoms with Gasteiger partial charge >= 0.3 is 0 Å². The fourth-order valence-electron chi connectivity index (χ4n) is 2.09. The molecule has 17 heavy (non-hydrogen) atoms. The Morgan fingerprint density at radius 2 is 1.65 bits per heavy atom. The second kappa shape index (κ2) is 4.27. The summed E-state index contributed by atoms with van der Waals surface area (Å²) in [6.45, 7) is 0.813. The normalized spacial score (nSPS) is 10.9. The summed E-state index contributed by atoms with van der Waals surface area (Å²) in [4.78, 5) is 0. The molecule has 2 heteroatoms. The van der Waals surface area contributed by atoms with E-state index in [0.29, 0.717) is 0 Å². The molecule has 0 amide bonds. The van der Waals surface area contributed by atoms with Gasteiger partial charge in [0.05, 0.1) is 0 Å². The van der Waals surface area contributed by atoms with Crippen LogP contribution in [0.3, 0.4) is 0 Å². The topological polar surface area (TPSA) is 4.93 Å². The van der Waals surface area contributed by atoms with Crippen molar-refractivity contribution in [1.29, 1.82) is 0 Å². The van der Waals surface area contributed by atoms with Gasteiger partial charge in [-0.3, -0.25) is 0 Å². The average Bonchev–Trinajstić information content (AvgIpc) is 2.76. The van der Waals surface area contributed by atoms with Gasteiger partial charge in [-0.05, 0) is 29.1 Å². The van der Waals surface area contributed by atoms with Gasteiger partial charge in [-0.25, -0.2) is 0 Å². The third kappa shape index (κ3) is 1.94. The molecule has 1 nitrogen and oxygen atoms in total. The Bertz CT molecular complexity index is 655. The molecule has 0 spiro atoms. The van der Waals surface area contributed by atoms with Gasteiger partial charge in [0.1, 0.15) is 0 Å². The fourth-order valence-corrected chi connectivity index (χ4v) is 2.28. The Hall–Kier alpha value is -1.73. The van der Waals surface area contributed by atoms with Gasteiger partial charge in [-0.1, -0.05) is 48.0 Å². The molecule has 3 rings (SSSR count). The number of nitrogens with zero attached hydrogens (tertiary/aromatic N) is 1. The third-order valence-electron chi connectivity index (χ3n) is 2.98. The number of rotatable bonds is 2. The molecule has 0 aliphatic heterocycles. The van der Waals surface area contributed by atoms with E-state index in [1.165, 1.54) is 10.9 Å². The van der Waals surface area contributed by atoms with Crippen molar-refractivity contribution in [3.63, 3.8) is 0 Å². The maximum atomic E-state index is 6.18. The number of para-hydroxylation sites is 1. The van der Waals surface area contributed by atoms with Gasteiger partial charge in [0.25, 0.3) is 0 Å².